The maximum atomic E-state index is 12.3. The van der Waals surface area contributed by atoms with E-state index in [4.69, 9.17) is 15.6 Å². The van der Waals surface area contributed by atoms with E-state index < -0.39 is 5.97 Å². The standard InChI is InChI=1S/C18H26N2O4/c1-2-10-24-17-6-5-13(11-15(17)19)16(21)7-9-20-8-3-4-14(12-20)18(22)23/h5-6,11,14H,2-4,7-10,12,19H2,1H3,(H,22,23). The summed E-state index contributed by atoms with van der Waals surface area (Å²) in [6.07, 6.45) is 2.84. The van der Waals surface area contributed by atoms with Gasteiger partial charge in [0.15, 0.2) is 5.78 Å². The highest BCUT2D eigenvalue weighted by Crippen LogP contribution is 2.24. The minimum absolute atomic E-state index is 0.0150. The summed E-state index contributed by atoms with van der Waals surface area (Å²) in [4.78, 5) is 25.5. The Bertz CT molecular complexity index is 588. The van der Waals surface area contributed by atoms with Crippen molar-refractivity contribution in [2.24, 2.45) is 5.92 Å². The Labute approximate surface area is 142 Å². The van der Waals surface area contributed by atoms with Crippen molar-refractivity contribution in [3.8, 4) is 5.75 Å². The lowest BCUT2D eigenvalue weighted by Gasteiger charge is -2.30. The highest BCUT2D eigenvalue weighted by molar-refractivity contribution is 5.97. The number of carboxylic acids is 1. The van der Waals surface area contributed by atoms with Gasteiger partial charge in [0.05, 0.1) is 18.2 Å². The van der Waals surface area contributed by atoms with E-state index in [1.165, 1.54) is 0 Å². The van der Waals surface area contributed by atoms with Gasteiger partial charge in [0.25, 0.3) is 0 Å². The van der Waals surface area contributed by atoms with Crippen molar-refractivity contribution in [2.75, 3.05) is 32.0 Å². The van der Waals surface area contributed by atoms with Crippen LogP contribution in [0.15, 0.2) is 18.2 Å². The predicted octanol–water partition coefficient (Wildman–Crippen LogP) is 2.43. The van der Waals surface area contributed by atoms with Crippen molar-refractivity contribution in [1.29, 1.82) is 0 Å². The van der Waals surface area contributed by atoms with Gasteiger partial charge in [0, 0.05) is 25.1 Å². The molecule has 1 aromatic carbocycles. The van der Waals surface area contributed by atoms with Crippen molar-refractivity contribution in [2.45, 2.75) is 32.6 Å². The molecule has 132 valence electrons. The number of hydrogen-bond donors (Lipinski definition) is 2. The smallest absolute Gasteiger partial charge is 0.307 e. The average Bonchev–Trinajstić information content (AvgIpc) is 2.58. The van der Waals surface area contributed by atoms with Gasteiger partial charge in [0.1, 0.15) is 5.75 Å². The zero-order valence-corrected chi connectivity index (χ0v) is 14.2. The summed E-state index contributed by atoms with van der Waals surface area (Å²) in [5.74, 6) is -0.448. The molecule has 1 aliphatic rings. The summed E-state index contributed by atoms with van der Waals surface area (Å²) in [5.41, 5.74) is 6.98. The Kier molecular flexibility index (Phi) is 6.61. The maximum absolute atomic E-state index is 12.3. The third kappa shape index (κ3) is 4.96. The van der Waals surface area contributed by atoms with Gasteiger partial charge in [-0.15, -0.1) is 0 Å². The SMILES string of the molecule is CCCOc1ccc(C(=O)CCN2CCCC(C(=O)O)C2)cc1N. The van der Waals surface area contributed by atoms with Crippen LogP contribution in [0.3, 0.4) is 0 Å². The molecule has 1 aromatic rings. The van der Waals surface area contributed by atoms with E-state index in [-0.39, 0.29) is 11.7 Å². The highest BCUT2D eigenvalue weighted by Gasteiger charge is 2.25. The molecule has 1 heterocycles. The average molecular weight is 334 g/mol. The molecular formula is C18H26N2O4. The normalized spacial score (nSPS) is 18.3. The van der Waals surface area contributed by atoms with Gasteiger partial charge >= 0.3 is 5.97 Å². The van der Waals surface area contributed by atoms with Crippen molar-refractivity contribution in [3.63, 3.8) is 0 Å². The Morgan fingerprint density at radius 3 is 2.88 bits per heavy atom. The topological polar surface area (TPSA) is 92.9 Å². The maximum Gasteiger partial charge on any atom is 0.307 e. The van der Waals surface area contributed by atoms with Crippen molar-refractivity contribution < 1.29 is 19.4 Å². The molecule has 1 aliphatic heterocycles. The van der Waals surface area contributed by atoms with E-state index in [0.29, 0.717) is 43.1 Å². The van der Waals surface area contributed by atoms with Gasteiger partial charge in [-0.2, -0.15) is 0 Å². The van der Waals surface area contributed by atoms with Crippen LogP contribution < -0.4 is 10.5 Å². The van der Waals surface area contributed by atoms with Crippen LogP contribution >= 0.6 is 0 Å². The second-order valence-corrected chi connectivity index (χ2v) is 6.25. The van der Waals surface area contributed by atoms with Crippen LogP contribution in [0.1, 0.15) is 43.0 Å². The molecule has 0 aromatic heterocycles. The number of ether oxygens (including phenoxy) is 1. The number of carboxylic acid groups (broad SMARTS) is 1. The molecule has 1 saturated heterocycles. The Hall–Kier alpha value is -2.08. The molecule has 1 atom stereocenters. The number of benzene rings is 1. The number of nitrogen functional groups attached to an aromatic ring is 1. The number of likely N-dealkylation sites (tertiary alicyclic amines) is 1. The fraction of sp³-hybridized carbons (Fsp3) is 0.556. The second kappa shape index (κ2) is 8.68. The first kappa shape index (κ1) is 18.3. The molecule has 1 fully saturated rings. The molecule has 1 unspecified atom stereocenters. The van der Waals surface area contributed by atoms with Gasteiger partial charge in [-0.05, 0) is 44.0 Å². The van der Waals surface area contributed by atoms with Gasteiger partial charge in [-0.25, -0.2) is 0 Å². The number of anilines is 1. The molecule has 6 nitrogen and oxygen atoms in total. The van der Waals surface area contributed by atoms with E-state index in [1.54, 1.807) is 18.2 Å². The molecule has 0 aliphatic carbocycles. The zero-order chi connectivity index (χ0) is 17.5. The lowest BCUT2D eigenvalue weighted by molar-refractivity contribution is -0.143. The van der Waals surface area contributed by atoms with Gasteiger partial charge in [-0.3, -0.25) is 9.59 Å². The third-order valence-electron chi connectivity index (χ3n) is 4.30. The van der Waals surface area contributed by atoms with Gasteiger partial charge < -0.3 is 20.5 Å². The predicted molar refractivity (Wildman–Crippen MR) is 92.4 cm³/mol. The zero-order valence-electron chi connectivity index (χ0n) is 14.2. The van der Waals surface area contributed by atoms with Crippen LogP contribution in [0.2, 0.25) is 0 Å². The summed E-state index contributed by atoms with van der Waals surface area (Å²) in [7, 11) is 0. The first-order valence-corrected chi connectivity index (χ1v) is 8.52. The number of ketones is 1. The fourth-order valence-electron chi connectivity index (χ4n) is 2.93. The van der Waals surface area contributed by atoms with Crippen molar-refractivity contribution in [1.82, 2.24) is 4.90 Å². The molecule has 0 radical (unpaired) electrons. The van der Waals surface area contributed by atoms with Crippen LogP contribution in [-0.2, 0) is 4.79 Å². The van der Waals surface area contributed by atoms with Crippen LogP contribution in [-0.4, -0.2) is 48.0 Å². The molecule has 0 amide bonds. The number of aliphatic carboxylic acids is 1. The number of hydrogen-bond acceptors (Lipinski definition) is 5. The highest BCUT2D eigenvalue weighted by atomic mass is 16.5. The lowest BCUT2D eigenvalue weighted by Crippen LogP contribution is -2.39. The van der Waals surface area contributed by atoms with Crippen molar-refractivity contribution in [3.05, 3.63) is 23.8 Å². The molecule has 0 saturated carbocycles. The van der Waals surface area contributed by atoms with Crippen molar-refractivity contribution >= 4 is 17.4 Å². The Morgan fingerprint density at radius 2 is 2.21 bits per heavy atom. The first-order valence-electron chi connectivity index (χ1n) is 8.52. The monoisotopic (exact) mass is 334 g/mol. The summed E-state index contributed by atoms with van der Waals surface area (Å²) in [6.45, 7) is 4.56. The summed E-state index contributed by atoms with van der Waals surface area (Å²) in [5, 5.41) is 9.11. The number of piperidine rings is 1. The summed E-state index contributed by atoms with van der Waals surface area (Å²) in [6, 6.07) is 5.13. The minimum atomic E-state index is -0.749. The number of rotatable bonds is 8. The van der Waals surface area contributed by atoms with Crippen LogP contribution in [0.4, 0.5) is 5.69 Å². The van der Waals surface area contributed by atoms with E-state index >= 15 is 0 Å². The Morgan fingerprint density at radius 1 is 1.42 bits per heavy atom. The third-order valence-corrected chi connectivity index (χ3v) is 4.30. The largest absolute Gasteiger partial charge is 0.491 e. The molecule has 6 heteroatoms. The Balaban J connectivity index is 1.88. The number of nitrogens with zero attached hydrogens (tertiary/aromatic N) is 1. The molecule has 0 bridgehead atoms. The van der Waals surface area contributed by atoms with Gasteiger partial charge in [-0.1, -0.05) is 6.92 Å². The number of carbonyl (C=O) groups is 2. The van der Waals surface area contributed by atoms with Crippen LogP contribution in [0.5, 0.6) is 5.75 Å². The quantitative estimate of drug-likeness (QED) is 0.560. The van der Waals surface area contributed by atoms with Gasteiger partial charge in [0.2, 0.25) is 0 Å². The summed E-state index contributed by atoms with van der Waals surface area (Å²) >= 11 is 0. The summed E-state index contributed by atoms with van der Waals surface area (Å²) < 4.78 is 5.51. The number of Topliss-reactive ketones (excluding diaryl/α,β-unsaturated/α-hetero) is 1. The lowest BCUT2D eigenvalue weighted by atomic mass is 9.98. The molecular weight excluding hydrogens is 308 g/mol. The molecule has 2 rings (SSSR count). The van der Waals surface area contributed by atoms with Crippen LogP contribution in [0, 0.1) is 5.92 Å². The second-order valence-electron chi connectivity index (χ2n) is 6.25. The number of carbonyl (C=O) groups excluding carboxylic acids is 1. The molecule has 3 N–H and O–H groups in total. The van der Waals surface area contributed by atoms with E-state index in [1.807, 2.05) is 6.92 Å². The van der Waals surface area contributed by atoms with E-state index in [9.17, 15) is 9.59 Å². The van der Waals surface area contributed by atoms with E-state index in [0.717, 1.165) is 25.8 Å². The van der Waals surface area contributed by atoms with Crippen LogP contribution in [0.25, 0.3) is 0 Å². The molecule has 0 spiro atoms. The molecule has 24 heavy (non-hydrogen) atoms. The number of nitrogens with two attached hydrogens (primary N) is 1. The van der Waals surface area contributed by atoms with E-state index in [2.05, 4.69) is 4.90 Å². The fourth-order valence-corrected chi connectivity index (χ4v) is 2.93. The first-order chi connectivity index (χ1) is 11.5. The minimum Gasteiger partial charge on any atom is -0.491 e.